The van der Waals surface area contributed by atoms with E-state index in [1.54, 1.807) is 0 Å². The first-order valence-electron chi connectivity index (χ1n) is 5.00. The van der Waals surface area contributed by atoms with Crippen LogP contribution in [0.4, 0.5) is 0 Å². The van der Waals surface area contributed by atoms with Crippen molar-refractivity contribution in [1.29, 1.82) is 0 Å². The predicted octanol–water partition coefficient (Wildman–Crippen LogP) is 3.50. The molecule has 0 radical (unpaired) electrons. The Morgan fingerprint density at radius 3 is 1.86 bits per heavy atom. The largest absolute Gasteiger partial charge is 0.346 e. The zero-order valence-electron chi connectivity index (χ0n) is 9.71. The van der Waals surface area contributed by atoms with Crippen molar-refractivity contribution in [2.75, 3.05) is 5.33 Å². The highest BCUT2D eigenvalue weighted by atomic mass is 79.9. The molecule has 0 rings (SSSR count). The van der Waals surface area contributed by atoms with E-state index < -0.39 is 0 Å². The molecule has 0 amide bonds. The minimum atomic E-state index is -0.229. The first-order chi connectivity index (χ1) is 6.45. The molecule has 0 aromatic heterocycles. The van der Waals surface area contributed by atoms with E-state index in [1.165, 1.54) is 5.57 Å². The molecule has 0 aliphatic rings. The molecule has 0 saturated heterocycles. The maximum absolute atomic E-state index is 5.61. The van der Waals surface area contributed by atoms with Gasteiger partial charge in [-0.05, 0) is 40.7 Å². The topological polar surface area (TPSA) is 18.5 Å². The molecule has 0 unspecified atom stereocenters. The normalized spacial score (nSPS) is 13.4. The number of alkyl halides is 1. The number of rotatable bonds is 6. The third-order valence-corrected chi connectivity index (χ3v) is 2.33. The van der Waals surface area contributed by atoms with E-state index in [0.717, 1.165) is 5.33 Å². The lowest BCUT2D eigenvalue weighted by Crippen LogP contribution is -2.23. The molecule has 0 aliphatic carbocycles. The Kier molecular flexibility index (Phi) is 7.51. The Morgan fingerprint density at radius 1 is 1.14 bits per heavy atom. The number of hydrogen-bond acceptors (Lipinski definition) is 2. The second-order valence-electron chi connectivity index (χ2n) is 3.88. The van der Waals surface area contributed by atoms with Gasteiger partial charge in [-0.3, -0.25) is 0 Å². The average molecular weight is 265 g/mol. The van der Waals surface area contributed by atoms with Crippen molar-refractivity contribution in [1.82, 2.24) is 0 Å². The smallest absolute Gasteiger partial charge is 0.177 e. The van der Waals surface area contributed by atoms with E-state index in [4.69, 9.17) is 9.47 Å². The fraction of sp³-hybridized carbons (Fsp3) is 0.818. The second-order valence-corrected chi connectivity index (χ2v) is 4.45. The molecule has 0 aromatic carbocycles. The Morgan fingerprint density at radius 2 is 1.57 bits per heavy atom. The zero-order chi connectivity index (χ0) is 11.1. The van der Waals surface area contributed by atoms with Gasteiger partial charge in [0.1, 0.15) is 0 Å². The van der Waals surface area contributed by atoms with Crippen LogP contribution < -0.4 is 0 Å². The van der Waals surface area contributed by atoms with Gasteiger partial charge >= 0.3 is 0 Å². The molecule has 0 N–H and O–H groups in total. The molecule has 84 valence electrons. The average Bonchev–Trinajstić information content (AvgIpc) is 2.01. The summed E-state index contributed by atoms with van der Waals surface area (Å²) >= 11 is 3.40. The van der Waals surface area contributed by atoms with Crippen LogP contribution in [-0.4, -0.2) is 23.8 Å². The van der Waals surface area contributed by atoms with Crippen LogP contribution in [0.25, 0.3) is 0 Å². The van der Waals surface area contributed by atoms with Crippen molar-refractivity contribution >= 4 is 15.9 Å². The second kappa shape index (κ2) is 7.43. The lowest BCUT2D eigenvalue weighted by atomic mass is 10.3. The van der Waals surface area contributed by atoms with Gasteiger partial charge in [-0.15, -0.1) is 0 Å². The van der Waals surface area contributed by atoms with Crippen LogP contribution in [-0.2, 0) is 9.47 Å². The van der Waals surface area contributed by atoms with Gasteiger partial charge in [0.25, 0.3) is 0 Å². The van der Waals surface area contributed by atoms with Gasteiger partial charge in [-0.25, -0.2) is 0 Å². The van der Waals surface area contributed by atoms with Gasteiger partial charge in [0.2, 0.25) is 0 Å². The molecular formula is C11H21BrO2. The van der Waals surface area contributed by atoms with Gasteiger partial charge in [-0.1, -0.05) is 21.5 Å². The van der Waals surface area contributed by atoms with Crippen molar-refractivity contribution in [2.45, 2.75) is 53.1 Å². The first kappa shape index (κ1) is 14.1. The van der Waals surface area contributed by atoms with Gasteiger partial charge < -0.3 is 9.47 Å². The summed E-state index contributed by atoms with van der Waals surface area (Å²) in [5.41, 5.74) is 1.22. The molecule has 0 aliphatic heterocycles. The Labute approximate surface area is 95.8 Å². The fourth-order valence-electron chi connectivity index (χ4n) is 0.924. The summed E-state index contributed by atoms with van der Waals surface area (Å²) in [6, 6.07) is 0. The highest BCUT2D eigenvalue weighted by molar-refractivity contribution is 9.09. The minimum absolute atomic E-state index is 0.179. The molecule has 0 heterocycles. The quantitative estimate of drug-likeness (QED) is 0.415. The standard InChI is InChI=1S/C11H21BrO2/c1-8(2)13-11(14-9(3)4)6-10(5)7-12/h6,8-9,11H,7H2,1-5H3/b10-6+. The highest BCUT2D eigenvalue weighted by Crippen LogP contribution is 2.09. The van der Waals surface area contributed by atoms with Crippen molar-refractivity contribution in [3.05, 3.63) is 11.6 Å². The van der Waals surface area contributed by atoms with Crippen LogP contribution in [0.1, 0.15) is 34.6 Å². The molecule has 0 aromatic rings. The van der Waals surface area contributed by atoms with E-state index in [-0.39, 0.29) is 18.5 Å². The molecule has 0 saturated carbocycles. The summed E-state index contributed by atoms with van der Waals surface area (Å²) in [7, 11) is 0. The molecule has 0 spiro atoms. The summed E-state index contributed by atoms with van der Waals surface area (Å²) in [6.07, 6.45) is 2.14. The number of ether oxygens (including phenoxy) is 2. The molecule has 3 heteroatoms. The lowest BCUT2D eigenvalue weighted by molar-refractivity contribution is -0.152. The van der Waals surface area contributed by atoms with E-state index in [2.05, 4.69) is 22.9 Å². The van der Waals surface area contributed by atoms with E-state index in [9.17, 15) is 0 Å². The maximum atomic E-state index is 5.61. The van der Waals surface area contributed by atoms with Crippen molar-refractivity contribution < 1.29 is 9.47 Å². The summed E-state index contributed by atoms with van der Waals surface area (Å²) < 4.78 is 11.2. The lowest BCUT2D eigenvalue weighted by Gasteiger charge is -2.20. The third-order valence-electron chi connectivity index (χ3n) is 1.44. The molecule has 0 bridgehead atoms. The van der Waals surface area contributed by atoms with Gasteiger partial charge in [-0.2, -0.15) is 0 Å². The van der Waals surface area contributed by atoms with Crippen LogP contribution in [0, 0.1) is 0 Å². The first-order valence-corrected chi connectivity index (χ1v) is 6.12. The van der Waals surface area contributed by atoms with Crippen LogP contribution in [0.5, 0.6) is 0 Å². The van der Waals surface area contributed by atoms with E-state index >= 15 is 0 Å². The summed E-state index contributed by atoms with van der Waals surface area (Å²) in [6.45, 7) is 10.1. The molecular weight excluding hydrogens is 244 g/mol. The molecule has 2 nitrogen and oxygen atoms in total. The minimum Gasteiger partial charge on any atom is -0.346 e. The predicted molar refractivity (Wildman–Crippen MR) is 63.8 cm³/mol. The molecule has 0 atom stereocenters. The molecule has 0 fully saturated rings. The van der Waals surface area contributed by atoms with E-state index in [1.807, 2.05) is 33.8 Å². The number of halogens is 1. The van der Waals surface area contributed by atoms with Crippen LogP contribution in [0.3, 0.4) is 0 Å². The van der Waals surface area contributed by atoms with Gasteiger partial charge in [0, 0.05) is 5.33 Å². The number of allylic oxidation sites excluding steroid dienone is 1. The number of hydrogen-bond donors (Lipinski definition) is 0. The SMILES string of the molecule is C/C(=C\C(OC(C)C)OC(C)C)CBr. The maximum Gasteiger partial charge on any atom is 0.177 e. The monoisotopic (exact) mass is 264 g/mol. The summed E-state index contributed by atoms with van der Waals surface area (Å²) in [5.74, 6) is 0. The van der Waals surface area contributed by atoms with Crippen molar-refractivity contribution in [3.8, 4) is 0 Å². The Hall–Kier alpha value is 0.140. The Bertz CT molecular complexity index is 166. The van der Waals surface area contributed by atoms with Gasteiger partial charge in [0.15, 0.2) is 6.29 Å². The molecule has 14 heavy (non-hydrogen) atoms. The summed E-state index contributed by atoms with van der Waals surface area (Å²) in [5, 5.41) is 0.854. The highest BCUT2D eigenvalue weighted by Gasteiger charge is 2.10. The van der Waals surface area contributed by atoms with Crippen LogP contribution in [0.15, 0.2) is 11.6 Å². The van der Waals surface area contributed by atoms with Crippen LogP contribution in [0.2, 0.25) is 0 Å². The fourth-order valence-corrected chi connectivity index (χ4v) is 1.11. The third kappa shape index (κ3) is 7.54. The van der Waals surface area contributed by atoms with Crippen molar-refractivity contribution in [2.24, 2.45) is 0 Å². The Balaban J connectivity index is 4.24. The van der Waals surface area contributed by atoms with E-state index in [0.29, 0.717) is 0 Å². The summed E-state index contributed by atoms with van der Waals surface area (Å²) in [4.78, 5) is 0. The van der Waals surface area contributed by atoms with Crippen LogP contribution >= 0.6 is 15.9 Å². The van der Waals surface area contributed by atoms with Crippen molar-refractivity contribution in [3.63, 3.8) is 0 Å². The zero-order valence-corrected chi connectivity index (χ0v) is 11.3. The van der Waals surface area contributed by atoms with Gasteiger partial charge in [0.05, 0.1) is 12.2 Å².